The second-order valence-corrected chi connectivity index (χ2v) is 11.2. The Kier molecular flexibility index (Phi) is 8.54. The van der Waals surface area contributed by atoms with Gasteiger partial charge >= 0.3 is 0 Å². The molecular formula is C25H26FN3O6S2. The number of nitrogens with one attached hydrogen (secondary N) is 1. The Morgan fingerprint density at radius 3 is 2.49 bits per heavy atom. The van der Waals surface area contributed by atoms with Gasteiger partial charge in [0.05, 0.1) is 24.3 Å². The number of aromatic nitrogens is 1. The molecule has 1 aromatic heterocycles. The predicted octanol–water partition coefficient (Wildman–Crippen LogP) is 4.69. The van der Waals surface area contributed by atoms with Crippen molar-refractivity contribution in [3.63, 3.8) is 0 Å². The fourth-order valence-corrected chi connectivity index (χ4v) is 5.33. The minimum absolute atomic E-state index is 0.123. The van der Waals surface area contributed by atoms with E-state index in [4.69, 9.17) is 14.2 Å². The number of hydrogen-bond acceptors (Lipinski definition) is 8. The molecule has 0 bridgehead atoms. The Morgan fingerprint density at radius 1 is 1.14 bits per heavy atom. The van der Waals surface area contributed by atoms with Crippen LogP contribution >= 0.6 is 11.3 Å². The molecule has 1 saturated heterocycles. The number of halogens is 1. The number of nitrogens with zero attached hydrogens (tertiary/aromatic N) is 2. The summed E-state index contributed by atoms with van der Waals surface area (Å²) < 4.78 is 57.3. The number of carbonyl (C=O) groups excluding carboxylic acids is 1. The maximum Gasteiger partial charge on any atom is 0.257 e. The first kappa shape index (κ1) is 26.7. The molecule has 0 spiro atoms. The van der Waals surface area contributed by atoms with E-state index in [0.717, 1.165) is 11.8 Å². The summed E-state index contributed by atoms with van der Waals surface area (Å²) in [5.74, 6) is 0.542. The molecule has 4 rings (SSSR count). The number of sulfonamides is 1. The smallest absolute Gasteiger partial charge is 0.257 e. The summed E-state index contributed by atoms with van der Waals surface area (Å²) >= 11 is 0.713. The van der Waals surface area contributed by atoms with Gasteiger partial charge in [0.15, 0.2) is 10.3 Å². The van der Waals surface area contributed by atoms with Crippen LogP contribution in [0.4, 0.5) is 9.52 Å². The first-order valence-corrected chi connectivity index (χ1v) is 13.7. The Morgan fingerprint density at radius 2 is 1.84 bits per heavy atom. The van der Waals surface area contributed by atoms with Crippen molar-refractivity contribution in [3.05, 3.63) is 71.0 Å². The van der Waals surface area contributed by atoms with Crippen LogP contribution in [0.25, 0.3) is 0 Å². The molecule has 2 heterocycles. The van der Waals surface area contributed by atoms with E-state index in [-0.39, 0.29) is 15.6 Å². The average molecular weight is 548 g/mol. The van der Waals surface area contributed by atoms with Crippen molar-refractivity contribution in [2.24, 2.45) is 0 Å². The zero-order chi connectivity index (χ0) is 26.4. The summed E-state index contributed by atoms with van der Waals surface area (Å²) in [6, 6.07) is 10.7. The molecule has 0 radical (unpaired) electrons. The number of carbonyl (C=O) groups is 1. The Labute approximate surface area is 218 Å². The van der Waals surface area contributed by atoms with Gasteiger partial charge in [0.1, 0.15) is 23.9 Å². The second kappa shape index (κ2) is 11.8. The van der Waals surface area contributed by atoms with E-state index in [9.17, 15) is 17.6 Å². The van der Waals surface area contributed by atoms with Gasteiger partial charge < -0.3 is 14.2 Å². The number of amides is 1. The molecule has 9 nitrogen and oxygen atoms in total. The number of rotatable bonds is 9. The zero-order valence-electron chi connectivity index (χ0n) is 20.3. The van der Waals surface area contributed by atoms with Gasteiger partial charge in [-0.2, -0.15) is 8.70 Å². The van der Waals surface area contributed by atoms with Crippen LogP contribution in [-0.2, 0) is 14.8 Å². The van der Waals surface area contributed by atoms with Crippen LogP contribution < -0.4 is 14.8 Å². The van der Waals surface area contributed by atoms with Gasteiger partial charge in [0, 0.05) is 24.7 Å². The first-order chi connectivity index (χ1) is 17.7. The van der Waals surface area contributed by atoms with Gasteiger partial charge in [0.25, 0.3) is 5.91 Å². The Balaban J connectivity index is 1.54. The highest BCUT2D eigenvalue weighted by molar-refractivity contribution is 7.89. The van der Waals surface area contributed by atoms with Crippen molar-refractivity contribution in [2.45, 2.75) is 18.7 Å². The van der Waals surface area contributed by atoms with E-state index in [1.165, 1.54) is 22.5 Å². The maximum absolute atomic E-state index is 13.3. The van der Waals surface area contributed by atoms with E-state index in [1.54, 1.807) is 24.3 Å². The van der Waals surface area contributed by atoms with Gasteiger partial charge in [-0.15, -0.1) is 0 Å². The maximum atomic E-state index is 13.3. The van der Waals surface area contributed by atoms with E-state index < -0.39 is 21.1 Å². The number of ether oxygens (including phenoxy) is 3. The van der Waals surface area contributed by atoms with Crippen LogP contribution in [0, 0.1) is 5.13 Å². The van der Waals surface area contributed by atoms with Gasteiger partial charge in [-0.25, -0.2) is 13.4 Å². The molecule has 0 aliphatic carbocycles. The topological polar surface area (TPSA) is 107 Å². The highest BCUT2D eigenvalue weighted by atomic mass is 32.2. The fourth-order valence-electron chi connectivity index (χ4n) is 3.38. The Bertz CT molecular complexity index is 1380. The first-order valence-electron chi connectivity index (χ1n) is 11.4. The number of thiazole rings is 1. The highest BCUT2D eigenvalue weighted by Crippen LogP contribution is 2.30. The minimum atomic E-state index is -3.63. The molecule has 1 N–H and O–H groups in total. The summed E-state index contributed by atoms with van der Waals surface area (Å²) in [7, 11) is -3.63. The number of benzene rings is 2. The van der Waals surface area contributed by atoms with E-state index in [2.05, 4.69) is 10.3 Å². The lowest BCUT2D eigenvalue weighted by molar-refractivity contribution is 0.0730. The molecule has 196 valence electrons. The molecule has 0 unspecified atom stereocenters. The van der Waals surface area contributed by atoms with Crippen LogP contribution in [0.2, 0.25) is 0 Å². The van der Waals surface area contributed by atoms with Crippen molar-refractivity contribution in [1.29, 1.82) is 0 Å². The minimum Gasteiger partial charge on any atom is -0.489 e. The third-order valence-electron chi connectivity index (χ3n) is 5.25. The molecule has 37 heavy (non-hydrogen) atoms. The average Bonchev–Trinajstić information content (AvgIpc) is 3.29. The molecule has 1 aliphatic heterocycles. The van der Waals surface area contributed by atoms with Crippen molar-refractivity contribution in [2.75, 3.05) is 38.2 Å². The monoisotopic (exact) mass is 547 g/mol. The third-order valence-corrected chi connectivity index (χ3v) is 7.86. The number of allylic oxidation sites excluding steroid dienone is 1. The number of hydrogen-bond donors (Lipinski definition) is 1. The van der Waals surface area contributed by atoms with Gasteiger partial charge in [-0.05, 0) is 56.3 Å². The summed E-state index contributed by atoms with van der Waals surface area (Å²) in [5.41, 5.74) is 1.29. The van der Waals surface area contributed by atoms with Gasteiger partial charge in [-0.1, -0.05) is 16.9 Å². The summed E-state index contributed by atoms with van der Waals surface area (Å²) in [5, 5.41) is 2.16. The number of anilines is 1. The van der Waals surface area contributed by atoms with Gasteiger partial charge in [0.2, 0.25) is 10.0 Å². The largest absolute Gasteiger partial charge is 0.489 e. The van der Waals surface area contributed by atoms with Crippen LogP contribution in [-0.4, -0.2) is 56.5 Å². The van der Waals surface area contributed by atoms with Gasteiger partial charge in [-0.3, -0.25) is 10.1 Å². The number of morpholine rings is 1. The fraction of sp³-hybridized carbons (Fsp3) is 0.280. The summed E-state index contributed by atoms with van der Waals surface area (Å²) in [6.07, 6.45) is 2.91. The van der Waals surface area contributed by atoms with Crippen LogP contribution in [0.1, 0.15) is 24.2 Å². The summed E-state index contributed by atoms with van der Waals surface area (Å²) in [6.45, 7) is 5.51. The zero-order valence-corrected chi connectivity index (χ0v) is 21.9. The molecule has 12 heteroatoms. The Hall–Kier alpha value is -3.32. The van der Waals surface area contributed by atoms with Crippen molar-refractivity contribution < 1.29 is 31.8 Å². The standard InChI is InChI=1S/C25H26FN3O6S2/c1-17(2)7-10-34-20-13-18(24(30)28-25-27-16-23(26)36-25)14-21(15-20)35-19-3-5-22(6-4-19)37(31,32)29-8-11-33-12-9-29/h3-7,13-16H,8-12H2,1-2H3,(H,27,28,30). The molecule has 1 amide bonds. The lowest BCUT2D eigenvalue weighted by atomic mass is 10.2. The van der Waals surface area contributed by atoms with E-state index in [1.807, 2.05) is 19.9 Å². The lowest BCUT2D eigenvalue weighted by Crippen LogP contribution is -2.40. The van der Waals surface area contributed by atoms with E-state index in [0.29, 0.717) is 61.5 Å². The molecule has 3 aromatic rings. The third kappa shape index (κ3) is 7.13. The summed E-state index contributed by atoms with van der Waals surface area (Å²) in [4.78, 5) is 16.8. The molecule has 0 atom stereocenters. The highest BCUT2D eigenvalue weighted by Gasteiger charge is 2.26. The predicted molar refractivity (Wildman–Crippen MR) is 137 cm³/mol. The molecule has 1 fully saturated rings. The molecular weight excluding hydrogens is 521 g/mol. The van der Waals surface area contributed by atoms with Crippen molar-refractivity contribution in [3.8, 4) is 17.2 Å². The van der Waals surface area contributed by atoms with E-state index >= 15 is 0 Å². The molecule has 0 saturated carbocycles. The quantitative estimate of drug-likeness (QED) is 0.387. The molecule has 2 aromatic carbocycles. The van der Waals surface area contributed by atoms with Crippen molar-refractivity contribution in [1.82, 2.24) is 9.29 Å². The van der Waals surface area contributed by atoms with Crippen molar-refractivity contribution >= 4 is 32.4 Å². The van der Waals surface area contributed by atoms with Crippen LogP contribution in [0.5, 0.6) is 17.2 Å². The lowest BCUT2D eigenvalue weighted by Gasteiger charge is -2.26. The SMILES string of the molecule is CC(C)=CCOc1cc(Oc2ccc(S(=O)(=O)N3CCOCC3)cc2)cc(C(=O)Nc2ncc(F)s2)c1. The molecule has 1 aliphatic rings. The van der Waals surface area contributed by atoms with Crippen LogP contribution in [0.3, 0.4) is 0 Å². The van der Waals surface area contributed by atoms with Crippen LogP contribution in [0.15, 0.2) is 65.2 Å². The normalized spacial score (nSPS) is 14.1. The second-order valence-electron chi connectivity index (χ2n) is 8.30.